The zero-order valence-electron chi connectivity index (χ0n) is 15.7. The minimum Gasteiger partial charge on any atom is -0.493 e. The molecule has 0 aliphatic heterocycles. The predicted molar refractivity (Wildman–Crippen MR) is 98.3 cm³/mol. The van der Waals surface area contributed by atoms with Crippen LogP contribution in [0.4, 0.5) is 5.69 Å². The van der Waals surface area contributed by atoms with Crippen molar-refractivity contribution >= 4 is 21.7 Å². The number of sulfonamides is 1. The molecule has 0 atom stereocenters. The number of carbonyl (C=O) groups excluding carboxylic acids is 1. The van der Waals surface area contributed by atoms with Gasteiger partial charge in [0, 0.05) is 25.4 Å². The lowest BCUT2D eigenvalue weighted by Crippen LogP contribution is -2.12. The molecule has 0 radical (unpaired) electrons. The van der Waals surface area contributed by atoms with E-state index in [1.165, 1.54) is 50.3 Å². The Hall–Kier alpha value is -2.88. The van der Waals surface area contributed by atoms with Gasteiger partial charge in [-0.2, -0.15) is 0 Å². The van der Waals surface area contributed by atoms with Gasteiger partial charge in [0.15, 0.2) is 11.5 Å². The van der Waals surface area contributed by atoms with Crippen molar-refractivity contribution in [3.63, 3.8) is 0 Å². The Morgan fingerprint density at radius 2 is 1.67 bits per heavy atom. The largest absolute Gasteiger partial charge is 0.493 e. The monoisotopic (exact) mass is 398 g/mol. The summed E-state index contributed by atoms with van der Waals surface area (Å²) < 4.78 is 49.8. The number of nitrogens with zero attached hydrogens (tertiary/aromatic N) is 1. The number of aryl methyl sites for hydroxylation is 1. The molecule has 0 saturated carbocycles. The summed E-state index contributed by atoms with van der Waals surface area (Å²) in [7, 11) is 1.90. The molecule has 27 heavy (non-hydrogen) atoms. The van der Waals surface area contributed by atoms with Gasteiger partial charge >= 0.3 is 5.97 Å². The van der Waals surface area contributed by atoms with Crippen LogP contribution in [0.25, 0.3) is 0 Å². The van der Waals surface area contributed by atoms with Crippen molar-refractivity contribution in [2.45, 2.75) is 11.8 Å². The third-order valence-corrected chi connectivity index (χ3v) is 5.04. The van der Waals surface area contributed by atoms with Gasteiger partial charge in [0.2, 0.25) is 5.75 Å². The summed E-state index contributed by atoms with van der Waals surface area (Å²) in [5.41, 5.74) is 0.341. The summed E-state index contributed by atoms with van der Waals surface area (Å²) >= 11 is 0. The van der Waals surface area contributed by atoms with Crippen molar-refractivity contribution in [3.05, 3.63) is 30.1 Å². The Labute approximate surface area is 157 Å². The van der Waals surface area contributed by atoms with Crippen LogP contribution in [0.5, 0.6) is 17.2 Å². The Morgan fingerprint density at radius 3 is 2.15 bits per heavy atom. The number of ether oxygens (including phenoxy) is 4. The van der Waals surface area contributed by atoms with Crippen LogP contribution in [0, 0.1) is 0 Å². The van der Waals surface area contributed by atoms with E-state index in [1.807, 2.05) is 0 Å². The number of nitrogens with one attached hydrogen (secondary N) is 1. The van der Waals surface area contributed by atoms with Crippen LogP contribution in [-0.4, -0.2) is 46.9 Å². The Morgan fingerprint density at radius 1 is 1.07 bits per heavy atom. The maximum Gasteiger partial charge on any atom is 0.354 e. The fourth-order valence-electron chi connectivity index (χ4n) is 2.44. The van der Waals surface area contributed by atoms with Gasteiger partial charge in [-0.05, 0) is 13.0 Å². The molecule has 0 bridgehead atoms. The number of hydrogen-bond donors (Lipinski definition) is 1. The minimum absolute atomic E-state index is 0.0817. The van der Waals surface area contributed by atoms with Crippen molar-refractivity contribution in [2.24, 2.45) is 7.05 Å². The van der Waals surface area contributed by atoms with Gasteiger partial charge in [0.1, 0.15) is 10.6 Å². The van der Waals surface area contributed by atoms with E-state index in [2.05, 4.69) is 4.72 Å². The number of benzene rings is 1. The molecule has 9 nitrogen and oxygen atoms in total. The van der Waals surface area contributed by atoms with Crippen LogP contribution in [0.2, 0.25) is 0 Å². The number of carbonyl (C=O) groups is 1. The number of anilines is 1. The van der Waals surface area contributed by atoms with Gasteiger partial charge in [-0.15, -0.1) is 0 Å². The van der Waals surface area contributed by atoms with E-state index in [0.29, 0.717) is 17.2 Å². The summed E-state index contributed by atoms with van der Waals surface area (Å²) in [6.45, 7) is 1.86. The standard InChI is InChI=1S/C17H22N2O7S/c1-6-26-17(20)13-9-12(10-19(13)2)27(21,22)18-11-7-14(23-3)16(25-5)15(8-11)24-4/h7-10,18H,6H2,1-5H3. The van der Waals surface area contributed by atoms with Crippen molar-refractivity contribution in [3.8, 4) is 17.2 Å². The normalized spacial score (nSPS) is 11.0. The highest BCUT2D eigenvalue weighted by molar-refractivity contribution is 7.92. The Kier molecular flexibility index (Phi) is 6.21. The molecule has 0 aliphatic carbocycles. The van der Waals surface area contributed by atoms with E-state index >= 15 is 0 Å². The van der Waals surface area contributed by atoms with Crippen molar-refractivity contribution in [2.75, 3.05) is 32.7 Å². The summed E-state index contributed by atoms with van der Waals surface area (Å²) in [5.74, 6) is 0.339. The number of esters is 1. The molecular formula is C17H22N2O7S. The lowest BCUT2D eigenvalue weighted by Gasteiger charge is -2.15. The maximum absolute atomic E-state index is 12.7. The molecule has 0 saturated heterocycles. The molecule has 10 heteroatoms. The zero-order valence-corrected chi connectivity index (χ0v) is 16.5. The van der Waals surface area contributed by atoms with Gasteiger partial charge in [-0.1, -0.05) is 0 Å². The molecule has 148 valence electrons. The number of rotatable bonds is 8. The Bertz CT molecular complexity index is 910. The highest BCUT2D eigenvalue weighted by atomic mass is 32.2. The first-order valence-corrected chi connectivity index (χ1v) is 9.42. The smallest absolute Gasteiger partial charge is 0.354 e. The van der Waals surface area contributed by atoms with Crippen LogP contribution >= 0.6 is 0 Å². The average molecular weight is 398 g/mol. The summed E-state index contributed by atoms with van der Waals surface area (Å²) in [6, 6.07) is 4.18. The van der Waals surface area contributed by atoms with Crippen LogP contribution in [0.15, 0.2) is 29.3 Å². The fourth-order valence-corrected chi connectivity index (χ4v) is 3.55. The second kappa shape index (κ2) is 8.21. The third kappa shape index (κ3) is 4.27. The van der Waals surface area contributed by atoms with Crippen molar-refractivity contribution in [1.29, 1.82) is 0 Å². The number of hydrogen-bond acceptors (Lipinski definition) is 7. The van der Waals surface area contributed by atoms with E-state index in [0.717, 1.165) is 0 Å². The quantitative estimate of drug-likeness (QED) is 0.678. The Balaban J connectivity index is 2.39. The average Bonchev–Trinajstić information content (AvgIpc) is 3.03. The third-order valence-electron chi connectivity index (χ3n) is 3.69. The molecule has 0 amide bonds. The molecule has 1 aromatic heterocycles. The second-order valence-electron chi connectivity index (χ2n) is 5.41. The SMILES string of the molecule is CCOC(=O)c1cc(S(=O)(=O)Nc2cc(OC)c(OC)c(OC)c2)cn1C. The zero-order chi connectivity index (χ0) is 20.2. The van der Waals surface area contributed by atoms with Gasteiger partial charge in [-0.25, -0.2) is 13.2 Å². The van der Waals surface area contributed by atoms with E-state index in [9.17, 15) is 13.2 Å². The molecule has 0 aliphatic rings. The lowest BCUT2D eigenvalue weighted by molar-refractivity contribution is 0.0515. The van der Waals surface area contributed by atoms with Crippen molar-refractivity contribution in [1.82, 2.24) is 4.57 Å². The highest BCUT2D eigenvalue weighted by Crippen LogP contribution is 2.40. The van der Waals surface area contributed by atoms with Crippen LogP contribution in [0.1, 0.15) is 17.4 Å². The molecule has 1 N–H and O–H groups in total. The number of methoxy groups -OCH3 is 3. The van der Waals surface area contributed by atoms with E-state index in [1.54, 1.807) is 14.0 Å². The second-order valence-corrected chi connectivity index (χ2v) is 7.09. The first-order valence-electron chi connectivity index (χ1n) is 7.93. The molecular weight excluding hydrogens is 376 g/mol. The topological polar surface area (TPSA) is 105 Å². The predicted octanol–water partition coefficient (Wildman–Crippen LogP) is 2.03. The van der Waals surface area contributed by atoms with E-state index < -0.39 is 16.0 Å². The van der Waals surface area contributed by atoms with Gasteiger partial charge < -0.3 is 23.5 Å². The summed E-state index contributed by atoms with van der Waals surface area (Å²) in [5, 5.41) is 0. The van der Waals surface area contributed by atoms with Gasteiger partial charge in [0.05, 0.1) is 33.6 Å². The molecule has 2 aromatic rings. The lowest BCUT2D eigenvalue weighted by atomic mass is 10.2. The summed E-state index contributed by atoms with van der Waals surface area (Å²) in [6.07, 6.45) is 1.33. The van der Waals surface area contributed by atoms with Gasteiger partial charge in [-0.3, -0.25) is 4.72 Å². The van der Waals surface area contributed by atoms with Gasteiger partial charge in [0.25, 0.3) is 10.0 Å². The molecule has 1 heterocycles. The summed E-state index contributed by atoms with van der Waals surface area (Å²) in [4.78, 5) is 11.8. The first-order chi connectivity index (χ1) is 12.8. The van der Waals surface area contributed by atoms with E-state index in [4.69, 9.17) is 18.9 Å². The molecule has 0 fully saturated rings. The van der Waals surface area contributed by atoms with E-state index in [-0.39, 0.29) is 22.9 Å². The number of aromatic nitrogens is 1. The first kappa shape index (κ1) is 20.4. The van der Waals surface area contributed by atoms with Crippen LogP contribution in [-0.2, 0) is 21.8 Å². The highest BCUT2D eigenvalue weighted by Gasteiger charge is 2.23. The van der Waals surface area contributed by atoms with Crippen molar-refractivity contribution < 1.29 is 32.2 Å². The molecule has 0 unspecified atom stereocenters. The molecule has 1 aromatic carbocycles. The van der Waals surface area contributed by atoms with Crippen LogP contribution < -0.4 is 18.9 Å². The fraction of sp³-hybridized carbons (Fsp3) is 0.353. The van der Waals surface area contributed by atoms with Crippen LogP contribution in [0.3, 0.4) is 0 Å². The molecule has 2 rings (SSSR count). The minimum atomic E-state index is -3.96. The molecule has 0 spiro atoms. The maximum atomic E-state index is 12.7.